The molecular formula is C16H26N2O. The second-order valence-corrected chi connectivity index (χ2v) is 5.44. The number of rotatable bonds is 5. The second kappa shape index (κ2) is 7.04. The fraction of sp³-hybridized carbons (Fsp3) is 0.625. The van der Waals surface area contributed by atoms with Crippen molar-refractivity contribution in [2.45, 2.75) is 38.8 Å². The lowest BCUT2D eigenvalue weighted by Crippen LogP contribution is -2.45. The van der Waals surface area contributed by atoms with Gasteiger partial charge in [-0.2, -0.15) is 0 Å². The summed E-state index contributed by atoms with van der Waals surface area (Å²) in [5, 5.41) is 0. The molecule has 2 unspecified atom stereocenters. The zero-order valence-corrected chi connectivity index (χ0v) is 12.1. The average molecular weight is 262 g/mol. The number of benzene rings is 1. The van der Waals surface area contributed by atoms with Crippen LogP contribution in [0.4, 0.5) is 0 Å². The first kappa shape index (κ1) is 14.5. The molecule has 2 rings (SSSR count). The predicted octanol–water partition coefficient (Wildman–Crippen LogP) is 2.36. The van der Waals surface area contributed by atoms with Gasteiger partial charge in [-0.25, -0.2) is 0 Å². The van der Waals surface area contributed by atoms with E-state index in [9.17, 15) is 0 Å². The van der Waals surface area contributed by atoms with Crippen molar-refractivity contribution in [3.05, 3.63) is 35.4 Å². The van der Waals surface area contributed by atoms with Gasteiger partial charge >= 0.3 is 0 Å². The summed E-state index contributed by atoms with van der Waals surface area (Å²) in [5.74, 6) is 0. The molecule has 1 saturated heterocycles. The standard InChI is InChI=1S/C16H26N2O/c1-3-4-14-5-7-15(8-6-14)16(13(2)17)18-9-11-19-12-10-18/h5-8,13,16H,3-4,9-12,17H2,1-2H3. The highest BCUT2D eigenvalue weighted by atomic mass is 16.5. The summed E-state index contributed by atoms with van der Waals surface area (Å²) in [4.78, 5) is 2.45. The Labute approximate surface area is 116 Å². The Hall–Kier alpha value is -0.900. The maximum absolute atomic E-state index is 6.21. The molecule has 3 nitrogen and oxygen atoms in total. The molecule has 1 aliphatic heterocycles. The first-order chi connectivity index (χ1) is 9.22. The Kier molecular flexibility index (Phi) is 5.37. The van der Waals surface area contributed by atoms with Crippen LogP contribution >= 0.6 is 0 Å². The lowest BCUT2D eigenvalue weighted by atomic mass is 9.97. The summed E-state index contributed by atoms with van der Waals surface area (Å²) < 4.78 is 5.43. The lowest BCUT2D eigenvalue weighted by molar-refractivity contribution is 0.0116. The molecule has 1 fully saturated rings. The number of hydrogen-bond donors (Lipinski definition) is 1. The zero-order chi connectivity index (χ0) is 13.7. The van der Waals surface area contributed by atoms with Crippen LogP contribution in [0.2, 0.25) is 0 Å². The molecule has 106 valence electrons. The molecule has 0 saturated carbocycles. The summed E-state index contributed by atoms with van der Waals surface area (Å²) in [6.07, 6.45) is 2.35. The van der Waals surface area contributed by atoms with Crippen molar-refractivity contribution in [2.24, 2.45) is 5.73 Å². The van der Waals surface area contributed by atoms with Crippen LogP contribution in [0.1, 0.15) is 37.4 Å². The largest absolute Gasteiger partial charge is 0.379 e. The second-order valence-electron chi connectivity index (χ2n) is 5.44. The normalized spacial score (nSPS) is 20.2. The van der Waals surface area contributed by atoms with E-state index in [1.165, 1.54) is 17.5 Å². The van der Waals surface area contributed by atoms with Gasteiger partial charge in [0.15, 0.2) is 0 Å². The van der Waals surface area contributed by atoms with Gasteiger partial charge in [-0.15, -0.1) is 0 Å². The maximum atomic E-state index is 6.21. The number of ether oxygens (including phenoxy) is 1. The van der Waals surface area contributed by atoms with Crippen LogP contribution in [-0.4, -0.2) is 37.2 Å². The van der Waals surface area contributed by atoms with Crippen LogP contribution < -0.4 is 5.73 Å². The van der Waals surface area contributed by atoms with E-state index in [1.54, 1.807) is 0 Å². The van der Waals surface area contributed by atoms with Gasteiger partial charge in [0, 0.05) is 25.2 Å². The molecule has 1 aromatic rings. The Morgan fingerprint density at radius 2 is 1.84 bits per heavy atom. The minimum Gasteiger partial charge on any atom is -0.379 e. The topological polar surface area (TPSA) is 38.5 Å². The van der Waals surface area contributed by atoms with Gasteiger partial charge in [0.25, 0.3) is 0 Å². The van der Waals surface area contributed by atoms with Crippen LogP contribution in [0.3, 0.4) is 0 Å². The monoisotopic (exact) mass is 262 g/mol. The minimum atomic E-state index is 0.134. The van der Waals surface area contributed by atoms with Gasteiger partial charge < -0.3 is 10.5 Å². The number of nitrogens with zero attached hydrogens (tertiary/aromatic N) is 1. The quantitative estimate of drug-likeness (QED) is 0.885. The van der Waals surface area contributed by atoms with E-state index in [2.05, 4.69) is 43.0 Å². The number of aryl methyl sites for hydroxylation is 1. The van der Waals surface area contributed by atoms with Crippen LogP contribution in [0.5, 0.6) is 0 Å². The molecule has 2 N–H and O–H groups in total. The summed E-state index contributed by atoms with van der Waals surface area (Å²) in [7, 11) is 0. The summed E-state index contributed by atoms with van der Waals surface area (Å²) >= 11 is 0. The van der Waals surface area contributed by atoms with Crippen molar-refractivity contribution in [3.8, 4) is 0 Å². The summed E-state index contributed by atoms with van der Waals surface area (Å²) in [5.41, 5.74) is 8.96. The highest BCUT2D eigenvalue weighted by Crippen LogP contribution is 2.25. The van der Waals surface area contributed by atoms with Crippen molar-refractivity contribution in [2.75, 3.05) is 26.3 Å². The molecule has 0 bridgehead atoms. The molecule has 0 amide bonds. The smallest absolute Gasteiger partial charge is 0.0594 e. The molecule has 19 heavy (non-hydrogen) atoms. The summed E-state index contributed by atoms with van der Waals surface area (Å²) in [6, 6.07) is 9.42. The Bertz CT molecular complexity index is 369. The molecule has 0 radical (unpaired) electrons. The van der Waals surface area contributed by atoms with Crippen molar-refractivity contribution in [3.63, 3.8) is 0 Å². The highest BCUT2D eigenvalue weighted by Gasteiger charge is 2.25. The molecule has 1 aliphatic rings. The van der Waals surface area contributed by atoms with Gasteiger partial charge in [-0.1, -0.05) is 37.6 Å². The van der Waals surface area contributed by atoms with E-state index in [1.807, 2.05) is 0 Å². The molecule has 0 aliphatic carbocycles. The van der Waals surface area contributed by atoms with Crippen molar-refractivity contribution in [1.82, 2.24) is 4.90 Å². The Balaban J connectivity index is 2.13. The van der Waals surface area contributed by atoms with Crippen LogP contribution in [0.25, 0.3) is 0 Å². The third-order valence-electron chi connectivity index (χ3n) is 3.80. The van der Waals surface area contributed by atoms with Crippen molar-refractivity contribution in [1.29, 1.82) is 0 Å². The Morgan fingerprint density at radius 1 is 1.21 bits per heavy atom. The molecular weight excluding hydrogens is 236 g/mol. The number of morpholine rings is 1. The third-order valence-corrected chi connectivity index (χ3v) is 3.80. The van der Waals surface area contributed by atoms with Gasteiger partial charge in [-0.3, -0.25) is 4.90 Å². The predicted molar refractivity (Wildman–Crippen MR) is 79.2 cm³/mol. The van der Waals surface area contributed by atoms with E-state index in [-0.39, 0.29) is 6.04 Å². The minimum absolute atomic E-state index is 0.134. The van der Waals surface area contributed by atoms with Crippen molar-refractivity contribution < 1.29 is 4.74 Å². The SMILES string of the molecule is CCCc1ccc(C(C(C)N)N2CCOCC2)cc1. The molecule has 0 aromatic heterocycles. The van der Waals surface area contributed by atoms with Crippen LogP contribution in [-0.2, 0) is 11.2 Å². The lowest BCUT2D eigenvalue weighted by Gasteiger charge is -2.37. The first-order valence-electron chi connectivity index (χ1n) is 7.38. The fourth-order valence-electron chi connectivity index (χ4n) is 2.87. The Morgan fingerprint density at radius 3 is 2.37 bits per heavy atom. The first-order valence-corrected chi connectivity index (χ1v) is 7.38. The fourth-order valence-corrected chi connectivity index (χ4v) is 2.87. The third kappa shape index (κ3) is 3.78. The zero-order valence-electron chi connectivity index (χ0n) is 12.1. The van der Waals surface area contributed by atoms with Crippen molar-refractivity contribution >= 4 is 0 Å². The molecule has 1 aromatic carbocycles. The number of hydrogen-bond acceptors (Lipinski definition) is 3. The molecule has 0 spiro atoms. The van der Waals surface area contributed by atoms with Gasteiger partial charge in [-0.05, 0) is 24.5 Å². The number of nitrogens with two attached hydrogens (primary N) is 1. The molecule has 1 heterocycles. The van der Waals surface area contributed by atoms with Gasteiger partial charge in [0.2, 0.25) is 0 Å². The van der Waals surface area contributed by atoms with E-state index >= 15 is 0 Å². The van der Waals surface area contributed by atoms with E-state index in [0.717, 1.165) is 32.7 Å². The van der Waals surface area contributed by atoms with Gasteiger partial charge in [0.1, 0.15) is 0 Å². The molecule has 2 atom stereocenters. The van der Waals surface area contributed by atoms with Crippen LogP contribution in [0, 0.1) is 0 Å². The van der Waals surface area contributed by atoms with Crippen LogP contribution in [0.15, 0.2) is 24.3 Å². The van der Waals surface area contributed by atoms with E-state index < -0.39 is 0 Å². The summed E-state index contributed by atoms with van der Waals surface area (Å²) in [6.45, 7) is 7.90. The van der Waals surface area contributed by atoms with Gasteiger partial charge in [0.05, 0.1) is 13.2 Å². The average Bonchev–Trinajstić information content (AvgIpc) is 2.42. The highest BCUT2D eigenvalue weighted by molar-refractivity contribution is 5.26. The van der Waals surface area contributed by atoms with E-state index in [4.69, 9.17) is 10.5 Å². The maximum Gasteiger partial charge on any atom is 0.0594 e. The molecule has 3 heteroatoms. The van der Waals surface area contributed by atoms with E-state index in [0.29, 0.717) is 6.04 Å².